The van der Waals surface area contributed by atoms with E-state index in [4.69, 9.17) is 0 Å². The molecular weight excluding hydrogens is 355 g/mol. The molecule has 28 heavy (non-hydrogen) atoms. The Morgan fingerprint density at radius 3 is 2.86 bits per heavy atom. The van der Waals surface area contributed by atoms with Crippen LogP contribution in [0.5, 0.6) is 0 Å². The lowest BCUT2D eigenvalue weighted by Crippen LogP contribution is -2.41. The number of aromatic nitrogens is 3. The van der Waals surface area contributed by atoms with Crippen molar-refractivity contribution in [2.75, 3.05) is 20.1 Å². The SMILES string of the molecule is CN=C(NCCCc1nnc2ccccn12)NCC1(c2cccc(F)c2)CC1. The number of benzene rings is 1. The summed E-state index contributed by atoms with van der Waals surface area (Å²) in [7, 11) is 1.77. The molecule has 0 spiro atoms. The van der Waals surface area contributed by atoms with E-state index in [2.05, 4.69) is 25.8 Å². The molecule has 1 aliphatic rings. The maximum atomic E-state index is 13.5. The Morgan fingerprint density at radius 1 is 1.18 bits per heavy atom. The molecule has 0 amide bonds. The molecule has 2 aromatic heterocycles. The second-order valence-corrected chi connectivity index (χ2v) is 7.29. The van der Waals surface area contributed by atoms with E-state index in [1.54, 1.807) is 19.2 Å². The standard InChI is InChI=1S/C21H25FN6/c1-23-20(25-15-21(10-11-21)16-6-4-7-17(22)14-16)24-12-5-9-19-27-26-18-8-2-3-13-28(18)19/h2-4,6-8,13-14H,5,9-12,15H2,1H3,(H2,23,24,25). The van der Waals surface area contributed by atoms with Crippen LogP contribution in [0.15, 0.2) is 53.7 Å². The van der Waals surface area contributed by atoms with E-state index in [0.29, 0.717) is 0 Å². The molecule has 0 aliphatic heterocycles. The van der Waals surface area contributed by atoms with Gasteiger partial charge in [0.25, 0.3) is 0 Å². The zero-order chi connectivity index (χ0) is 19.4. The predicted octanol–water partition coefficient (Wildman–Crippen LogP) is 2.70. The van der Waals surface area contributed by atoms with Crippen LogP contribution in [0.3, 0.4) is 0 Å². The second-order valence-electron chi connectivity index (χ2n) is 7.29. The van der Waals surface area contributed by atoms with Crippen LogP contribution in [0.25, 0.3) is 5.65 Å². The lowest BCUT2D eigenvalue weighted by Gasteiger charge is -2.19. The third kappa shape index (κ3) is 3.98. The molecule has 146 valence electrons. The molecule has 0 saturated heterocycles. The summed E-state index contributed by atoms with van der Waals surface area (Å²) in [5.41, 5.74) is 1.96. The van der Waals surface area contributed by atoms with Crippen molar-refractivity contribution in [3.8, 4) is 0 Å². The second kappa shape index (κ2) is 7.96. The Hall–Kier alpha value is -2.96. The molecule has 1 aromatic carbocycles. The number of pyridine rings is 1. The van der Waals surface area contributed by atoms with Crippen LogP contribution in [0.4, 0.5) is 4.39 Å². The lowest BCUT2D eigenvalue weighted by molar-refractivity contribution is 0.606. The molecule has 3 aromatic rings. The van der Waals surface area contributed by atoms with Crippen LogP contribution in [0.2, 0.25) is 0 Å². The van der Waals surface area contributed by atoms with Crippen LogP contribution in [-0.4, -0.2) is 40.7 Å². The van der Waals surface area contributed by atoms with Gasteiger partial charge in [0.15, 0.2) is 11.6 Å². The van der Waals surface area contributed by atoms with Crippen molar-refractivity contribution < 1.29 is 4.39 Å². The van der Waals surface area contributed by atoms with E-state index in [9.17, 15) is 4.39 Å². The highest BCUT2D eigenvalue weighted by Crippen LogP contribution is 2.47. The normalized spacial score (nSPS) is 15.6. The zero-order valence-electron chi connectivity index (χ0n) is 16.0. The van der Waals surface area contributed by atoms with Crippen molar-refractivity contribution in [1.82, 2.24) is 25.2 Å². The quantitative estimate of drug-likeness (QED) is 0.376. The molecule has 0 atom stereocenters. The van der Waals surface area contributed by atoms with Crippen LogP contribution in [0, 0.1) is 5.82 Å². The fourth-order valence-electron chi connectivity index (χ4n) is 3.52. The summed E-state index contributed by atoms with van der Waals surface area (Å²) in [5, 5.41) is 15.2. The van der Waals surface area contributed by atoms with Gasteiger partial charge >= 0.3 is 0 Å². The molecule has 0 bridgehead atoms. The number of aryl methyl sites for hydroxylation is 1. The summed E-state index contributed by atoms with van der Waals surface area (Å²) >= 11 is 0. The number of aliphatic imine (C=N–C) groups is 1. The fourth-order valence-corrected chi connectivity index (χ4v) is 3.52. The van der Waals surface area contributed by atoms with Crippen molar-refractivity contribution in [3.05, 3.63) is 65.9 Å². The largest absolute Gasteiger partial charge is 0.356 e. The first-order valence-electron chi connectivity index (χ1n) is 9.69. The number of guanidine groups is 1. The maximum absolute atomic E-state index is 13.5. The van der Waals surface area contributed by atoms with E-state index in [1.807, 2.05) is 34.9 Å². The molecule has 7 heteroatoms. The number of hydrogen-bond acceptors (Lipinski definition) is 3. The fraction of sp³-hybridized carbons (Fsp3) is 0.381. The summed E-state index contributed by atoms with van der Waals surface area (Å²) in [6.07, 6.45) is 5.88. The molecular formula is C21H25FN6. The van der Waals surface area contributed by atoms with Crippen molar-refractivity contribution in [1.29, 1.82) is 0 Å². The molecule has 1 aliphatic carbocycles. The first-order valence-corrected chi connectivity index (χ1v) is 9.69. The minimum atomic E-state index is -0.174. The molecule has 2 N–H and O–H groups in total. The number of halogens is 1. The number of nitrogens with one attached hydrogen (secondary N) is 2. The Balaban J connectivity index is 1.25. The van der Waals surface area contributed by atoms with Gasteiger partial charge in [-0.05, 0) is 49.1 Å². The van der Waals surface area contributed by atoms with Crippen molar-refractivity contribution in [2.45, 2.75) is 31.1 Å². The highest BCUT2D eigenvalue weighted by molar-refractivity contribution is 5.79. The Bertz CT molecular complexity index is 976. The highest BCUT2D eigenvalue weighted by Gasteiger charge is 2.44. The van der Waals surface area contributed by atoms with Gasteiger partial charge in [0, 0.05) is 38.2 Å². The number of nitrogens with zero attached hydrogens (tertiary/aromatic N) is 4. The zero-order valence-corrected chi connectivity index (χ0v) is 16.0. The Morgan fingerprint density at radius 2 is 2.07 bits per heavy atom. The maximum Gasteiger partial charge on any atom is 0.191 e. The number of fused-ring (bicyclic) bond motifs is 1. The average molecular weight is 380 g/mol. The van der Waals surface area contributed by atoms with Gasteiger partial charge in [0.05, 0.1) is 0 Å². The van der Waals surface area contributed by atoms with Gasteiger partial charge in [-0.15, -0.1) is 10.2 Å². The van der Waals surface area contributed by atoms with Gasteiger partial charge in [-0.1, -0.05) is 18.2 Å². The van der Waals surface area contributed by atoms with E-state index < -0.39 is 0 Å². The summed E-state index contributed by atoms with van der Waals surface area (Å²) in [5.74, 6) is 1.56. The Labute approximate surface area is 163 Å². The van der Waals surface area contributed by atoms with Crippen LogP contribution in [-0.2, 0) is 11.8 Å². The van der Waals surface area contributed by atoms with Gasteiger partial charge in [0.2, 0.25) is 0 Å². The van der Waals surface area contributed by atoms with Crippen molar-refractivity contribution in [3.63, 3.8) is 0 Å². The molecule has 4 rings (SSSR count). The van der Waals surface area contributed by atoms with Crippen molar-refractivity contribution in [2.24, 2.45) is 4.99 Å². The van der Waals surface area contributed by atoms with Crippen LogP contribution in [0.1, 0.15) is 30.7 Å². The summed E-state index contributed by atoms with van der Waals surface area (Å²) < 4.78 is 15.6. The molecule has 1 saturated carbocycles. The number of rotatable bonds is 7. The molecule has 1 fully saturated rings. The summed E-state index contributed by atoms with van der Waals surface area (Å²) in [6.45, 7) is 1.54. The average Bonchev–Trinajstić information content (AvgIpc) is 3.41. The topological polar surface area (TPSA) is 66.6 Å². The van der Waals surface area contributed by atoms with Crippen LogP contribution < -0.4 is 10.6 Å². The van der Waals surface area contributed by atoms with E-state index in [-0.39, 0.29) is 11.2 Å². The minimum absolute atomic E-state index is 0.0279. The molecule has 0 radical (unpaired) electrons. The first kappa shape index (κ1) is 18.4. The molecule has 0 unspecified atom stereocenters. The minimum Gasteiger partial charge on any atom is -0.356 e. The van der Waals surface area contributed by atoms with Gasteiger partial charge < -0.3 is 10.6 Å². The molecule has 2 heterocycles. The summed E-state index contributed by atoms with van der Waals surface area (Å²) in [4.78, 5) is 4.30. The monoisotopic (exact) mass is 380 g/mol. The lowest BCUT2D eigenvalue weighted by atomic mass is 9.96. The van der Waals surface area contributed by atoms with Gasteiger partial charge in [0.1, 0.15) is 11.6 Å². The first-order chi connectivity index (χ1) is 13.7. The predicted molar refractivity (Wildman–Crippen MR) is 108 cm³/mol. The smallest absolute Gasteiger partial charge is 0.191 e. The number of hydrogen-bond donors (Lipinski definition) is 2. The van der Waals surface area contributed by atoms with Crippen molar-refractivity contribution >= 4 is 11.6 Å². The van der Waals surface area contributed by atoms with Crippen LogP contribution >= 0.6 is 0 Å². The van der Waals surface area contributed by atoms with Gasteiger partial charge in [-0.2, -0.15) is 0 Å². The van der Waals surface area contributed by atoms with E-state index in [0.717, 1.165) is 61.8 Å². The van der Waals surface area contributed by atoms with Gasteiger partial charge in [-0.3, -0.25) is 9.39 Å². The molecule has 6 nitrogen and oxygen atoms in total. The highest BCUT2D eigenvalue weighted by atomic mass is 19.1. The van der Waals surface area contributed by atoms with Gasteiger partial charge in [-0.25, -0.2) is 4.39 Å². The third-order valence-electron chi connectivity index (χ3n) is 5.36. The van der Waals surface area contributed by atoms with E-state index >= 15 is 0 Å². The third-order valence-corrected chi connectivity index (χ3v) is 5.36. The van der Waals surface area contributed by atoms with E-state index in [1.165, 1.54) is 6.07 Å². The Kier molecular flexibility index (Phi) is 5.23. The summed E-state index contributed by atoms with van der Waals surface area (Å²) in [6, 6.07) is 12.8.